The Hall–Kier alpha value is -1.86. The van der Waals surface area contributed by atoms with Gasteiger partial charge < -0.3 is 26.0 Å². The van der Waals surface area contributed by atoms with E-state index in [-0.39, 0.29) is 5.91 Å². The number of piperazine rings is 1. The van der Waals surface area contributed by atoms with Crippen molar-refractivity contribution in [2.24, 2.45) is 5.73 Å². The first kappa shape index (κ1) is 17.5. The van der Waals surface area contributed by atoms with E-state index in [4.69, 9.17) is 10.5 Å². The summed E-state index contributed by atoms with van der Waals surface area (Å²) in [6.45, 7) is 4.95. The third-order valence-corrected chi connectivity index (χ3v) is 4.05. The van der Waals surface area contributed by atoms with Gasteiger partial charge in [-0.1, -0.05) is 18.2 Å². The summed E-state index contributed by atoms with van der Waals surface area (Å²) in [5, 5.41) is 5.72. The zero-order valence-corrected chi connectivity index (χ0v) is 13.6. The molecule has 1 heterocycles. The molecule has 3 amide bonds. The topological polar surface area (TPSA) is 96.7 Å². The number of urea groups is 1. The van der Waals surface area contributed by atoms with Crippen LogP contribution in [0.3, 0.4) is 0 Å². The fraction of sp³-hybridized carbons (Fsp3) is 0.625. The number of carbonyl (C=O) groups is 2. The van der Waals surface area contributed by atoms with Gasteiger partial charge in [-0.25, -0.2) is 4.79 Å². The van der Waals surface area contributed by atoms with E-state index in [1.165, 1.54) is 0 Å². The summed E-state index contributed by atoms with van der Waals surface area (Å²) in [4.78, 5) is 25.6. The lowest BCUT2D eigenvalue weighted by Crippen LogP contribution is -2.58. The van der Waals surface area contributed by atoms with Crippen molar-refractivity contribution in [1.29, 1.82) is 0 Å². The molecular formula is C16H26N4O3. The maximum absolute atomic E-state index is 12.6. The molecule has 0 aromatic heterocycles. The van der Waals surface area contributed by atoms with Gasteiger partial charge >= 0.3 is 6.03 Å². The molecule has 2 unspecified atom stereocenters. The lowest BCUT2D eigenvalue weighted by atomic mass is 10.1. The molecular weight excluding hydrogens is 296 g/mol. The second kappa shape index (κ2) is 8.69. The second-order valence-corrected chi connectivity index (χ2v) is 5.84. The van der Waals surface area contributed by atoms with Crippen LogP contribution in [0.5, 0.6) is 0 Å². The molecule has 0 aromatic rings. The predicted octanol–water partition coefficient (Wildman–Crippen LogP) is 0.137. The minimum atomic E-state index is -0.765. The molecule has 1 aliphatic heterocycles. The number of allylic oxidation sites excluding steroid dienone is 2. The van der Waals surface area contributed by atoms with Gasteiger partial charge in [0, 0.05) is 26.2 Å². The Bertz CT molecular complexity index is 484. The average Bonchev–Trinajstić information content (AvgIpc) is 2.58. The summed E-state index contributed by atoms with van der Waals surface area (Å²) < 4.78 is 5.80. The molecule has 2 atom stereocenters. The van der Waals surface area contributed by atoms with E-state index in [0.717, 1.165) is 31.5 Å². The average molecular weight is 322 g/mol. The van der Waals surface area contributed by atoms with Gasteiger partial charge in [0.2, 0.25) is 5.91 Å². The summed E-state index contributed by atoms with van der Waals surface area (Å²) in [7, 11) is 0. The zero-order chi connectivity index (χ0) is 16.7. The highest BCUT2D eigenvalue weighted by molar-refractivity contribution is 5.87. The standard InChI is InChI=1S/C16H26N4O3/c1-12(23-11-13-5-3-2-4-6-13)14(19-16(17)22)15(21)20-9-7-18-8-10-20/h3,5-6,12,14,18H,2,4,7-11H2,1H3,(H3,17,19,22). The van der Waals surface area contributed by atoms with Crippen molar-refractivity contribution >= 4 is 11.9 Å². The van der Waals surface area contributed by atoms with Gasteiger partial charge in [-0.15, -0.1) is 0 Å². The number of hydrogen-bond acceptors (Lipinski definition) is 4. The first-order valence-electron chi connectivity index (χ1n) is 8.10. The minimum Gasteiger partial charge on any atom is -0.371 e. The van der Waals surface area contributed by atoms with Crippen LogP contribution in [0, 0.1) is 0 Å². The molecule has 4 N–H and O–H groups in total. The van der Waals surface area contributed by atoms with Crippen LogP contribution in [-0.4, -0.2) is 61.8 Å². The number of ether oxygens (including phenoxy) is 1. The highest BCUT2D eigenvalue weighted by Crippen LogP contribution is 2.12. The minimum absolute atomic E-state index is 0.147. The molecule has 0 spiro atoms. The predicted molar refractivity (Wildman–Crippen MR) is 87.8 cm³/mol. The highest BCUT2D eigenvalue weighted by Gasteiger charge is 2.31. The van der Waals surface area contributed by atoms with Gasteiger partial charge in [0.05, 0.1) is 12.7 Å². The fourth-order valence-electron chi connectivity index (χ4n) is 2.71. The number of rotatable bonds is 6. The Morgan fingerprint density at radius 1 is 1.39 bits per heavy atom. The third kappa shape index (κ3) is 5.37. The van der Waals surface area contributed by atoms with E-state index in [2.05, 4.69) is 22.8 Å². The Balaban J connectivity index is 1.95. The Morgan fingerprint density at radius 3 is 2.74 bits per heavy atom. The van der Waals surface area contributed by atoms with Crippen molar-refractivity contribution in [3.8, 4) is 0 Å². The molecule has 1 aliphatic carbocycles. The van der Waals surface area contributed by atoms with Crippen molar-refractivity contribution in [2.75, 3.05) is 32.8 Å². The molecule has 0 saturated carbocycles. The molecule has 2 rings (SSSR count). The smallest absolute Gasteiger partial charge is 0.312 e. The number of hydrogen-bond donors (Lipinski definition) is 3. The van der Waals surface area contributed by atoms with Crippen LogP contribution in [0.2, 0.25) is 0 Å². The summed E-state index contributed by atoms with van der Waals surface area (Å²) in [6, 6.07) is -1.48. The quantitative estimate of drug-likeness (QED) is 0.648. The van der Waals surface area contributed by atoms with Crippen molar-refractivity contribution in [2.45, 2.75) is 31.9 Å². The molecule has 2 aliphatic rings. The van der Waals surface area contributed by atoms with Gasteiger partial charge in [-0.2, -0.15) is 0 Å². The van der Waals surface area contributed by atoms with Crippen molar-refractivity contribution in [1.82, 2.24) is 15.5 Å². The summed E-state index contributed by atoms with van der Waals surface area (Å²) in [6.07, 6.45) is 7.86. The summed E-state index contributed by atoms with van der Waals surface area (Å²) in [5.41, 5.74) is 6.32. The number of nitrogens with one attached hydrogen (secondary N) is 2. The summed E-state index contributed by atoms with van der Waals surface area (Å²) in [5.74, 6) is -0.147. The Morgan fingerprint density at radius 2 is 2.13 bits per heavy atom. The maximum atomic E-state index is 12.6. The van der Waals surface area contributed by atoms with Crippen LogP contribution in [0.25, 0.3) is 0 Å². The van der Waals surface area contributed by atoms with Crippen molar-refractivity contribution in [3.05, 3.63) is 23.8 Å². The number of carbonyl (C=O) groups excluding carboxylic acids is 2. The third-order valence-electron chi connectivity index (χ3n) is 4.05. The van der Waals surface area contributed by atoms with E-state index in [1.54, 1.807) is 11.8 Å². The molecule has 1 fully saturated rings. The molecule has 23 heavy (non-hydrogen) atoms. The van der Waals surface area contributed by atoms with Crippen LogP contribution in [0.15, 0.2) is 23.8 Å². The SMILES string of the molecule is CC(OCC1=CCCC=C1)C(NC(N)=O)C(=O)N1CCNCC1. The van der Waals surface area contributed by atoms with Crippen LogP contribution in [0.1, 0.15) is 19.8 Å². The van der Waals surface area contributed by atoms with Crippen LogP contribution in [-0.2, 0) is 9.53 Å². The van der Waals surface area contributed by atoms with Gasteiger partial charge in [-0.3, -0.25) is 4.79 Å². The molecule has 7 nitrogen and oxygen atoms in total. The lowest BCUT2D eigenvalue weighted by molar-refractivity contribution is -0.137. The van der Waals surface area contributed by atoms with Crippen molar-refractivity contribution in [3.63, 3.8) is 0 Å². The van der Waals surface area contributed by atoms with E-state index < -0.39 is 18.2 Å². The van der Waals surface area contributed by atoms with E-state index >= 15 is 0 Å². The number of primary amides is 1. The molecule has 7 heteroatoms. The molecule has 128 valence electrons. The monoisotopic (exact) mass is 322 g/mol. The van der Waals surface area contributed by atoms with Gasteiger partial charge in [0.15, 0.2) is 0 Å². The normalized spacial score (nSPS) is 20.6. The lowest BCUT2D eigenvalue weighted by Gasteiger charge is -2.33. The molecule has 0 aromatic carbocycles. The first-order valence-corrected chi connectivity index (χ1v) is 8.10. The maximum Gasteiger partial charge on any atom is 0.312 e. The van der Waals surface area contributed by atoms with Gasteiger partial charge in [-0.05, 0) is 25.3 Å². The first-order chi connectivity index (χ1) is 11.1. The van der Waals surface area contributed by atoms with E-state index in [9.17, 15) is 9.59 Å². The number of nitrogens with zero attached hydrogens (tertiary/aromatic N) is 1. The van der Waals surface area contributed by atoms with Crippen LogP contribution in [0.4, 0.5) is 4.79 Å². The van der Waals surface area contributed by atoms with Gasteiger partial charge in [0.25, 0.3) is 0 Å². The fourth-order valence-corrected chi connectivity index (χ4v) is 2.71. The molecule has 1 saturated heterocycles. The Labute approximate surface area is 136 Å². The molecule has 0 radical (unpaired) electrons. The summed E-state index contributed by atoms with van der Waals surface area (Å²) >= 11 is 0. The van der Waals surface area contributed by atoms with Crippen LogP contribution < -0.4 is 16.4 Å². The number of nitrogens with two attached hydrogens (primary N) is 1. The van der Waals surface area contributed by atoms with Gasteiger partial charge in [0.1, 0.15) is 6.04 Å². The Kier molecular flexibility index (Phi) is 6.61. The van der Waals surface area contributed by atoms with E-state index in [1.807, 2.05) is 6.08 Å². The molecule has 0 bridgehead atoms. The highest BCUT2D eigenvalue weighted by atomic mass is 16.5. The largest absolute Gasteiger partial charge is 0.371 e. The van der Waals surface area contributed by atoms with Crippen LogP contribution >= 0.6 is 0 Å². The van der Waals surface area contributed by atoms with Crippen molar-refractivity contribution < 1.29 is 14.3 Å². The second-order valence-electron chi connectivity index (χ2n) is 5.84. The zero-order valence-electron chi connectivity index (χ0n) is 13.6. The van der Waals surface area contributed by atoms with E-state index in [0.29, 0.717) is 19.7 Å². The number of amides is 3.